The number of carbonyl (C=O) groups is 1. The van der Waals surface area contributed by atoms with E-state index in [0.717, 1.165) is 33.7 Å². The van der Waals surface area contributed by atoms with Gasteiger partial charge in [-0.2, -0.15) is 4.31 Å². The van der Waals surface area contributed by atoms with Crippen LogP contribution >= 0.6 is 11.3 Å². The minimum absolute atomic E-state index is 0.00995. The van der Waals surface area contributed by atoms with Crippen molar-refractivity contribution in [3.05, 3.63) is 57.9 Å². The molecule has 2 aromatic carbocycles. The summed E-state index contributed by atoms with van der Waals surface area (Å²) in [6.07, 6.45) is 1.13. The van der Waals surface area contributed by atoms with Crippen LogP contribution in [0.15, 0.2) is 52.2 Å². The number of nitrogens with one attached hydrogen (secondary N) is 1. The molecule has 7 nitrogen and oxygen atoms in total. The quantitative estimate of drug-likeness (QED) is 0.629. The molecule has 0 spiro atoms. The fraction of sp³-hybridized carbons (Fsp3) is 0.333. The molecule has 1 aliphatic heterocycles. The zero-order chi connectivity index (χ0) is 22.2. The summed E-state index contributed by atoms with van der Waals surface area (Å²) >= 11 is 1.12. The molecule has 0 bridgehead atoms. The van der Waals surface area contributed by atoms with E-state index in [1.54, 1.807) is 22.8 Å². The molecule has 0 saturated carbocycles. The van der Waals surface area contributed by atoms with E-state index in [2.05, 4.69) is 5.32 Å². The second-order valence-electron chi connectivity index (χ2n) is 7.44. The lowest BCUT2D eigenvalue weighted by atomic mass is 9.98. The Morgan fingerprint density at radius 2 is 1.97 bits per heavy atom. The Labute approximate surface area is 183 Å². The maximum atomic E-state index is 13.2. The van der Waals surface area contributed by atoms with E-state index in [9.17, 15) is 22.4 Å². The molecule has 0 aliphatic carbocycles. The molecule has 1 atom stereocenters. The predicted molar refractivity (Wildman–Crippen MR) is 118 cm³/mol. The zero-order valence-electron chi connectivity index (χ0n) is 16.9. The molecule has 2 heterocycles. The summed E-state index contributed by atoms with van der Waals surface area (Å²) < 4.78 is 42.6. The number of benzene rings is 2. The number of carbonyl (C=O) groups excluding carboxylic acids is 1. The van der Waals surface area contributed by atoms with Crippen LogP contribution in [-0.2, 0) is 21.4 Å². The van der Waals surface area contributed by atoms with Crippen molar-refractivity contribution in [3.8, 4) is 0 Å². The first-order valence-electron chi connectivity index (χ1n) is 9.99. The SMILES string of the molecule is CCn1c(=O)sc2cc(NC(=O)[C@@H]3CCCN(S(=O)(=O)c4ccc(F)cc4)C3)ccc21. The number of sulfonamides is 1. The second-order valence-corrected chi connectivity index (χ2v) is 10.4. The third-order valence-corrected chi connectivity index (χ3v) is 8.28. The molecule has 0 unspecified atom stereocenters. The molecule has 10 heteroatoms. The summed E-state index contributed by atoms with van der Waals surface area (Å²) in [6, 6.07) is 10.00. The van der Waals surface area contributed by atoms with Crippen LogP contribution in [0.2, 0.25) is 0 Å². The highest BCUT2D eigenvalue weighted by molar-refractivity contribution is 7.89. The van der Waals surface area contributed by atoms with Gasteiger partial charge in [0.1, 0.15) is 5.82 Å². The van der Waals surface area contributed by atoms with Gasteiger partial charge in [-0.3, -0.25) is 14.2 Å². The topological polar surface area (TPSA) is 88.5 Å². The van der Waals surface area contributed by atoms with Gasteiger partial charge in [-0.25, -0.2) is 12.8 Å². The fourth-order valence-electron chi connectivity index (χ4n) is 3.82. The highest BCUT2D eigenvalue weighted by Crippen LogP contribution is 2.26. The van der Waals surface area contributed by atoms with Crippen LogP contribution < -0.4 is 10.2 Å². The number of hydrogen-bond acceptors (Lipinski definition) is 5. The number of fused-ring (bicyclic) bond motifs is 1. The lowest BCUT2D eigenvalue weighted by Crippen LogP contribution is -2.43. The highest BCUT2D eigenvalue weighted by Gasteiger charge is 2.33. The minimum atomic E-state index is -3.80. The molecular formula is C21H22FN3O4S2. The summed E-state index contributed by atoms with van der Waals surface area (Å²) in [5.74, 6) is -1.27. The number of hydrogen-bond donors (Lipinski definition) is 1. The van der Waals surface area contributed by atoms with Gasteiger partial charge in [0.05, 0.1) is 21.0 Å². The zero-order valence-corrected chi connectivity index (χ0v) is 18.5. The highest BCUT2D eigenvalue weighted by atomic mass is 32.2. The van der Waals surface area contributed by atoms with Gasteiger partial charge in [-0.05, 0) is 62.2 Å². The van der Waals surface area contributed by atoms with Gasteiger partial charge in [0.2, 0.25) is 15.9 Å². The number of aryl methyl sites for hydroxylation is 1. The molecule has 1 saturated heterocycles. The van der Waals surface area contributed by atoms with Gasteiger partial charge in [0, 0.05) is 25.3 Å². The molecule has 3 aromatic rings. The van der Waals surface area contributed by atoms with E-state index in [0.29, 0.717) is 31.6 Å². The molecule has 0 radical (unpaired) electrons. The molecule has 1 aliphatic rings. The molecule has 1 fully saturated rings. The van der Waals surface area contributed by atoms with Crippen molar-refractivity contribution in [3.63, 3.8) is 0 Å². The first kappa shape index (κ1) is 21.7. The molecule has 1 N–H and O–H groups in total. The summed E-state index contributed by atoms with van der Waals surface area (Å²) in [7, 11) is -3.80. The number of nitrogens with zero attached hydrogens (tertiary/aromatic N) is 2. The summed E-state index contributed by atoms with van der Waals surface area (Å²) in [5.41, 5.74) is 1.39. The van der Waals surface area contributed by atoms with E-state index in [4.69, 9.17) is 0 Å². The third kappa shape index (κ3) is 4.28. The van der Waals surface area contributed by atoms with Gasteiger partial charge >= 0.3 is 4.87 Å². The van der Waals surface area contributed by atoms with Crippen molar-refractivity contribution in [1.29, 1.82) is 0 Å². The normalized spacial score (nSPS) is 17.7. The Morgan fingerprint density at radius 1 is 1.23 bits per heavy atom. The fourth-order valence-corrected chi connectivity index (χ4v) is 6.34. The van der Waals surface area contributed by atoms with Crippen molar-refractivity contribution >= 4 is 43.2 Å². The van der Waals surface area contributed by atoms with Crippen LogP contribution in [-0.4, -0.2) is 36.3 Å². The molecule has 1 amide bonds. The average Bonchev–Trinajstić information content (AvgIpc) is 3.08. The lowest BCUT2D eigenvalue weighted by Gasteiger charge is -2.31. The van der Waals surface area contributed by atoms with Gasteiger partial charge < -0.3 is 5.32 Å². The Morgan fingerprint density at radius 3 is 2.68 bits per heavy atom. The largest absolute Gasteiger partial charge is 0.326 e. The third-order valence-electron chi connectivity index (χ3n) is 5.46. The van der Waals surface area contributed by atoms with Gasteiger partial charge in [-0.15, -0.1) is 0 Å². The van der Waals surface area contributed by atoms with Crippen LogP contribution in [0.5, 0.6) is 0 Å². The van der Waals surface area contributed by atoms with Crippen molar-refractivity contribution in [2.75, 3.05) is 18.4 Å². The molecule has 4 rings (SSSR count). The van der Waals surface area contributed by atoms with Crippen LogP contribution in [0.4, 0.5) is 10.1 Å². The van der Waals surface area contributed by atoms with Crippen molar-refractivity contribution in [2.45, 2.75) is 31.2 Å². The number of aromatic nitrogens is 1. The van der Waals surface area contributed by atoms with Crippen molar-refractivity contribution < 1.29 is 17.6 Å². The standard InChI is InChI=1S/C21H22FN3O4S2/c1-2-25-18-10-7-16(12-19(18)30-21(25)27)23-20(26)14-4-3-11-24(13-14)31(28,29)17-8-5-15(22)6-9-17/h5-10,12,14H,2-4,11,13H2,1H3,(H,23,26)/t14-/m1/s1. The summed E-state index contributed by atoms with van der Waals surface area (Å²) in [6.45, 7) is 2.85. The Balaban J connectivity index is 1.49. The van der Waals surface area contributed by atoms with E-state index >= 15 is 0 Å². The van der Waals surface area contributed by atoms with E-state index < -0.39 is 21.8 Å². The molecule has 31 heavy (non-hydrogen) atoms. The van der Waals surface area contributed by atoms with Crippen LogP contribution in [0, 0.1) is 11.7 Å². The van der Waals surface area contributed by atoms with Gasteiger partial charge in [0.25, 0.3) is 0 Å². The number of halogens is 1. The number of piperidine rings is 1. The van der Waals surface area contributed by atoms with E-state index in [1.807, 2.05) is 6.92 Å². The Bertz CT molecular complexity index is 1280. The average molecular weight is 464 g/mol. The first-order valence-corrected chi connectivity index (χ1v) is 12.2. The van der Waals surface area contributed by atoms with Crippen molar-refractivity contribution in [1.82, 2.24) is 8.87 Å². The van der Waals surface area contributed by atoms with Gasteiger partial charge in [-0.1, -0.05) is 11.3 Å². The summed E-state index contributed by atoms with van der Waals surface area (Å²) in [4.78, 5) is 24.8. The lowest BCUT2D eigenvalue weighted by molar-refractivity contribution is -0.120. The van der Waals surface area contributed by atoms with Crippen LogP contribution in [0.3, 0.4) is 0 Å². The minimum Gasteiger partial charge on any atom is -0.326 e. The smallest absolute Gasteiger partial charge is 0.308 e. The Kier molecular flexibility index (Phi) is 5.96. The Hall–Kier alpha value is -2.56. The molecular weight excluding hydrogens is 441 g/mol. The number of anilines is 1. The molecule has 164 valence electrons. The molecule has 1 aromatic heterocycles. The van der Waals surface area contributed by atoms with Crippen molar-refractivity contribution in [2.24, 2.45) is 5.92 Å². The maximum absolute atomic E-state index is 13.2. The second kappa shape index (κ2) is 8.52. The maximum Gasteiger partial charge on any atom is 0.308 e. The monoisotopic (exact) mass is 463 g/mol. The number of thiazole rings is 1. The van der Waals surface area contributed by atoms with Crippen LogP contribution in [0.1, 0.15) is 19.8 Å². The number of rotatable bonds is 5. The van der Waals surface area contributed by atoms with E-state index in [-0.39, 0.29) is 22.2 Å². The first-order chi connectivity index (χ1) is 14.8. The summed E-state index contributed by atoms with van der Waals surface area (Å²) in [5, 5.41) is 2.86. The van der Waals surface area contributed by atoms with Crippen LogP contribution in [0.25, 0.3) is 10.2 Å². The van der Waals surface area contributed by atoms with E-state index in [1.165, 1.54) is 16.4 Å². The number of amides is 1. The van der Waals surface area contributed by atoms with Gasteiger partial charge in [0.15, 0.2) is 0 Å². The predicted octanol–water partition coefficient (Wildman–Crippen LogP) is 3.26.